The zero-order valence-electron chi connectivity index (χ0n) is 11.3. The molecule has 0 aromatic heterocycles. The van der Waals surface area contributed by atoms with E-state index in [9.17, 15) is 15.0 Å². The van der Waals surface area contributed by atoms with E-state index in [1.807, 2.05) is 7.05 Å². The van der Waals surface area contributed by atoms with Gasteiger partial charge < -0.3 is 20.4 Å². The van der Waals surface area contributed by atoms with Crippen LogP contribution in [0, 0.1) is 5.92 Å². The summed E-state index contributed by atoms with van der Waals surface area (Å²) in [5.74, 6) is -0.461. The molecule has 1 saturated heterocycles. The molecule has 5 heteroatoms. The van der Waals surface area contributed by atoms with Gasteiger partial charge in [0.25, 0.3) is 5.91 Å². The minimum Gasteiger partial charge on any atom is -0.504 e. The first-order chi connectivity index (χ1) is 9.04. The van der Waals surface area contributed by atoms with Crippen molar-refractivity contribution >= 4 is 5.91 Å². The number of nitrogens with one attached hydrogen (secondary N) is 1. The second kappa shape index (κ2) is 5.48. The summed E-state index contributed by atoms with van der Waals surface area (Å²) in [6, 6.07) is 4.88. The van der Waals surface area contributed by atoms with Gasteiger partial charge in [-0.25, -0.2) is 0 Å². The van der Waals surface area contributed by atoms with Gasteiger partial charge in [0.05, 0.1) is 5.56 Å². The Morgan fingerprint density at radius 2 is 2.16 bits per heavy atom. The number of nitrogens with zero attached hydrogens (tertiary/aromatic N) is 1. The minimum absolute atomic E-state index is 0.162. The fourth-order valence-electron chi connectivity index (χ4n) is 2.63. The molecule has 1 aromatic rings. The Morgan fingerprint density at radius 1 is 1.42 bits per heavy atom. The molecule has 1 fully saturated rings. The Balaban J connectivity index is 2.15. The third-order valence-electron chi connectivity index (χ3n) is 3.81. The molecule has 2 atom stereocenters. The van der Waals surface area contributed by atoms with Gasteiger partial charge in [-0.2, -0.15) is 0 Å². The lowest BCUT2D eigenvalue weighted by atomic mass is 9.93. The molecule has 1 amide bonds. The molecule has 0 aliphatic carbocycles. The minimum atomic E-state index is -0.337. The molecule has 1 aliphatic rings. The second-order valence-electron chi connectivity index (χ2n) is 5.09. The van der Waals surface area contributed by atoms with Crippen LogP contribution in [0.3, 0.4) is 0 Å². The molecule has 19 heavy (non-hydrogen) atoms. The van der Waals surface area contributed by atoms with Gasteiger partial charge in [-0.05, 0) is 31.5 Å². The average Bonchev–Trinajstić information content (AvgIpc) is 2.41. The van der Waals surface area contributed by atoms with Crippen LogP contribution in [0.15, 0.2) is 18.2 Å². The summed E-state index contributed by atoms with van der Waals surface area (Å²) in [5.41, 5.74) is 0.162. The molecule has 2 rings (SSSR count). The molecule has 3 N–H and O–H groups in total. The van der Waals surface area contributed by atoms with E-state index in [0.717, 1.165) is 6.42 Å². The van der Waals surface area contributed by atoms with E-state index in [1.165, 1.54) is 12.1 Å². The van der Waals surface area contributed by atoms with E-state index in [1.54, 1.807) is 11.0 Å². The molecule has 104 valence electrons. The van der Waals surface area contributed by atoms with Crippen LogP contribution in [0.2, 0.25) is 0 Å². The van der Waals surface area contributed by atoms with Crippen molar-refractivity contribution in [1.29, 1.82) is 0 Å². The van der Waals surface area contributed by atoms with Crippen molar-refractivity contribution in [2.24, 2.45) is 5.92 Å². The first kappa shape index (κ1) is 13.7. The van der Waals surface area contributed by atoms with Gasteiger partial charge in [0.1, 0.15) is 0 Å². The number of hydrogen-bond acceptors (Lipinski definition) is 4. The van der Waals surface area contributed by atoms with Crippen LogP contribution in [-0.4, -0.2) is 47.2 Å². The first-order valence-electron chi connectivity index (χ1n) is 6.52. The number of carbonyl (C=O) groups is 1. The first-order valence-corrected chi connectivity index (χ1v) is 6.52. The quantitative estimate of drug-likeness (QED) is 0.701. The molecular weight excluding hydrogens is 244 g/mol. The van der Waals surface area contributed by atoms with Crippen LogP contribution >= 0.6 is 0 Å². The number of likely N-dealkylation sites (tertiary alicyclic amines) is 1. The summed E-state index contributed by atoms with van der Waals surface area (Å²) in [4.78, 5) is 14.1. The SMILES string of the molecule is CNC1CCN(C(=O)c2cccc(O)c2O)CC1C. The van der Waals surface area contributed by atoms with E-state index in [-0.39, 0.29) is 23.0 Å². The maximum atomic E-state index is 12.3. The number of benzene rings is 1. The monoisotopic (exact) mass is 264 g/mol. The zero-order valence-corrected chi connectivity index (χ0v) is 11.3. The third-order valence-corrected chi connectivity index (χ3v) is 3.81. The number of amides is 1. The molecule has 2 unspecified atom stereocenters. The van der Waals surface area contributed by atoms with Crippen LogP contribution in [0.25, 0.3) is 0 Å². The standard InChI is InChI=1S/C14H20N2O3/c1-9-8-16(7-6-11(9)15-2)14(19)10-4-3-5-12(17)13(10)18/h3-5,9,11,15,17-18H,6-8H2,1-2H3. The molecule has 0 saturated carbocycles. The highest BCUT2D eigenvalue weighted by atomic mass is 16.3. The van der Waals surface area contributed by atoms with Gasteiger partial charge in [0.15, 0.2) is 11.5 Å². The highest BCUT2D eigenvalue weighted by Crippen LogP contribution is 2.30. The molecule has 5 nitrogen and oxygen atoms in total. The Hall–Kier alpha value is -1.75. The summed E-state index contributed by atoms with van der Waals surface area (Å²) in [6.07, 6.45) is 0.892. The van der Waals surface area contributed by atoms with Gasteiger partial charge >= 0.3 is 0 Å². The molecule has 0 bridgehead atoms. The molecular formula is C14H20N2O3. The van der Waals surface area contributed by atoms with Crippen molar-refractivity contribution in [1.82, 2.24) is 10.2 Å². The topological polar surface area (TPSA) is 72.8 Å². The van der Waals surface area contributed by atoms with Crippen LogP contribution in [0.1, 0.15) is 23.7 Å². The fourth-order valence-corrected chi connectivity index (χ4v) is 2.63. The molecule has 1 aliphatic heterocycles. The lowest BCUT2D eigenvalue weighted by Crippen LogP contribution is -2.49. The normalized spacial score (nSPS) is 23.4. The number of aromatic hydroxyl groups is 2. The number of carbonyl (C=O) groups excluding carboxylic acids is 1. The van der Waals surface area contributed by atoms with Gasteiger partial charge in [0.2, 0.25) is 0 Å². The fraction of sp³-hybridized carbons (Fsp3) is 0.500. The molecule has 1 aromatic carbocycles. The van der Waals surface area contributed by atoms with Gasteiger partial charge in [-0.15, -0.1) is 0 Å². The summed E-state index contributed by atoms with van der Waals surface area (Å²) in [6.45, 7) is 3.41. The van der Waals surface area contributed by atoms with E-state index in [0.29, 0.717) is 25.0 Å². The van der Waals surface area contributed by atoms with Gasteiger partial charge in [0, 0.05) is 19.1 Å². The van der Waals surface area contributed by atoms with E-state index in [2.05, 4.69) is 12.2 Å². The summed E-state index contributed by atoms with van der Waals surface area (Å²) < 4.78 is 0. The number of phenols is 2. The van der Waals surface area contributed by atoms with Crippen LogP contribution < -0.4 is 5.32 Å². The number of hydrogen-bond donors (Lipinski definition) is 3. The van der Waals surface area contributed by atoms with E-state index in [4.69, 9.17) is 0 Å². The van der Waals surface area contributed by atoms with Gasteiger partial charge in [-0.3, -0.25) is 4.79 Å². The highest BCUT2D eigenvalue weighted by Gasteiger charge is 2.29. The van der Waals surface area contributed by atoms with E-state index < -0.39 is 0 Å². The number of phenolic OH excluding ortho intramolecular Hbond substituents is 2. The Bertz CT molecular complexity index is 476. The summed E-state index contributed by atoms with van der Waals surface area (Å²) >= 11 is 0. The smallest absolute Gasteiger partial charge is 0.257 e. The third kappa shape index (κ3) is 2.66. The summed E-state index contributed by atoms with van der Waals surface area (Å²) in [7, 11) is 1.93. The number of piperidine rings is 1. The predicted molar refractivity (Wildman–Crippen MR) is 72.3 cm³/mol. The van der Waals surface area contributed by atoms with Crippen LogP contribution in [0.5, 0.6) is 11.5 Å². The predicted octanol–water partition coefficient (Wildman–Crippen LogP) is 1.17. The molecule has 0 radical (unpaired) electrons. The lowest BCUT2D eigenvalue weighted by molar-refractivity contribution is 0.0645. The average molecular weight is 264 g/mol. The van der Waals surface area contributed by atoms with Crippen LogP contribution in [-0.2, 0) is 0 Å². The zero-order chi connectivity index (χ0) is 14.0. The van der Waals surface area contributed by atoms with Crippen molar-refractivity contribution < 1.29 is 15.0 Å². The lowest BCUT2D eigenvalue weighted by Gasteiger charge is -2.36. The summed E-state index contributed by atoms with van der Waals surface area (Å²) in [5, 5.41) is 22.4. The van der Waals surface area contributed by atoms with Crippen molar-refractivity contribution in [3.05, 3.63) is 23.8 Å². The Kier molecular flexibility index (Phi) is 3.95. The van der Waals surface area contributed by atoms with Crippen molar-refractivity contribution in [3.63, 3.8) is 0 Å². The molecule has 0 spiro atoms. The van der Waals surface area contributed by atoms with Crippen molar-refractivity contribution in [2.45, 2.75) is 19.4 Å². The number of rotatable bonds is 2. The Morgan fingerprint density at radius 3 is 2.79 bits per heavy atom. The maximum absolute atomic E-state index is 12.3. The Labute approximate surface area is 112 Å². The highest BCUT2D eigenvalue weighted by molar-refractivity contribution is 5.97. The van der Waals surface area contributed by atoms with Gasteiger partial charge in [-0.1, -0.05) is 13.0 Å². The van der Waals surface area contributed by atoms with Crippen molar-refractivity contribution in [2.75, 3.05) is 20.1 Å². The number of para-hydroxylation sites is 1. The van der Waals surface area contributed by atoms with E-state index >= 15 is 0 Å². The maximum Gasteiger partial charge on any atom is 0.257 e. The molecule has 1 heterocycles. The van der Waals surface area contributed by atoms with Crippen molar-refractivity contribution in [3.8, 4) is 11.5 Å². The second-order valence-corrected chi connectivity index (χ2v) is 5.09. The van der Waals surface area contributed by atoms with Crippen LogP contribution in [0.4, 0.5) is 0 Å². The largest absolute Gasteiger partial charge is 0.504 e.